The van der Waals surface area contributed by atoms with Crippen LogP contribution >= 0.6 is 0 Å². The van der Waals surface area contributed by atoms with Crippen molar-refractivity contribution in [2.24, 2.45) is 0 Å². The number of nitrogens with zero attached hydrogens (tertiary/aromatic N) is 1. The zero-order valence-electron chi connectivity index (χ0n) is 11.6. The Balaban J connectivity index is 2.75. The molecule has 100 valence electrons. The Morgan fingerprint density at radius 2 is 2.11 bits per heavy atom. The molecule has 18 heavy (non-hydrogen) atoms. The van der Waals surface area contributed by atoms with Gasteiger partial charge in [0.1, 0.15) is 5.75 Å². The molecule has 0 heterocycles. The van der Waals surface area contributed by atoms with E-state index in [1.54, 1.807) is 19.0 Å². The van der Waals surface area contributed by atoms with Gasteiger partial charge in [0.15, 0.2) is 0 Å². The van der Waals surface area contributed by atoms with E-state index in [-0.39, 0.29) is 11.9 Å². The van der Waals surface area contributed by atoms with E-state index in [2.05, 4.69) is 5.32 Å². The Hall–Kier alpha value is -1.55. The van der Waals surface area contributed by atoms with Gasteiger partial charge in [-0.3, -0.25) is 4.79 Å². The molecule has 1 N–H and O–H groups in total. The van der Waals surface area contributed by atoms with Crippen molar-refractivity contribution in [3.05, 3.63) is 29.8 Å². The number of nitrogens with one attached hydrogen (secondary N) is 1. The Morgan fingerprint density at radius 1 is 1.44 bits per heavy atom. The third-order valence-electron chi connectivity index (χ3n) is 2.86. The zero-order valence-corrected chi connectivity index (χ0v) is 11.6. The molecule has 0 bridgehead atoms. The maximum absolute atomic E-state index is 12.0. The Kier molecular flexibility index (Phi) is 5.65. The first-order valence-electron chi connectivity index (χ1n) is 6.23. The van der Waals surface area contributed by atoms with Crippen LogP contribution in [0.2, 0.25) is 0 Å². The van der Waals surface area contributed by atoms with Crippen molar-refractivity contribution in [2.75, 3.05) is 20.7 Å². The van der Waals surface area contributed by atoms with Gasteiger partial charge in [-0.1, -0.05) is 18.2 Å². The summed E-state index contributed by atoms with van der Waals surface area (Å²) in [6, 6.07) is 7.64. The maximum atomic E-state index is 12.0. The van der Waals surface area contributed by atoms with Gasteiger partial charge in [0.25, 0.3) is 0 Å². The number of carbonyl (C=O) groups is 1. The molecule has 4 heteroatoms. The Labute approximate surface area is 109 Å². The number of para-hydroxylation sites is 1. The van der Waals surface area contributed by atoms with Crippen LogP contribution in [-0.4, -0.2) is 37.6 Å². The van der Waals surface area contributed by atoms with Gasteiger partial charge in [-0.15, -0.1) is 0 Å². The summed E-state index contributed by atoms with van der Waals surface area (Å²) >= 11 is 0. The summed E-state index contributed by atoms with van der Waals surface area (Å²) in [6.45, 7) is 4.99. The molecule has 0 fully saturated rings. The maximum Gasteiger partial charge on any atom is 0.239 e. The minimum absolute atomic E-state index is 0.0730. The summed E-state index contributed by atoms with van der Waals surface area (Å²) in [4.78, 5) is 13.7. The Bertz CT molecular complexity index is 393. The summed E-state index contributed by atoms with van der Waals surface area (Å²) < 4.78 is 5.55. The van der Waals surface area contributed by atoms with Crippen LogP contribution in [0.15, 0.2) is 24.3 Å². The lowest BCUT2D eigenvalue weighted by atomic mass is 10.2. The average Bonchev–Trinajstić information content (AvgIpc) is 2.39. The van der Waals surface area contributed by atoms with Gasteiger partial charge in [-0.05, 0) is 27.0 Å². The minimum Gasteiger partial charge on any atom is -0.494 e. The monoisotopic (exact) mass is 250 g/mol. The van der Waals surface area contributed by atoms with Crippen LogP contribution in [0.4, 0.5) is 0 Å². The van der Waals surface area contributed by atoms with Gasteiger partial charge in [0, 0.05) is 19.2 Å². The van der Waals surface area contributed by atoms with Crippen molar-refractivity contribution < 1.29 is 9.53 Å². The molecular formula is C14H22N2O2. The highest BCUT2D eigenvalue weighted by Crippen LogP contribution is 2.19. The van der Waals surface area contributed by atoms with E-state index in [0.717, 1.165) is 11.3 Å². The van der Waals surface area contributed by atoms with Crippen LogP contribution in [-0.2, 0) is 11.3 Å². The second-order valence-electron chi connectivity index (χ2n) is 4.25. The van der Waals surface area contributed by atoms with Crippen molar-refractivity contribution >= 4 is 5.91 Å². The smallest absolute Gasteiger partial charge is 0.239 e. The quantitative estimate of drug-likeness (QED) is 0.834. The second kappa shape index (κ2) is 7.01. The van der Waals surface area contributed by atoms with E-state index in [1.807, 2.05) is 38.1 Å². The summed E-state index contributed by atoms with van der Waals surface area (Å²) in [5.41, 5.74) is 1.03. The van der Waals surface area contributed by atoms with Crippen LogP contribution in [0.1, 0.15) is 19.4 Å². The largest absolute Gasteiger partial charge is 0.494 e. The van der Waals surface area contributed by atoms with Crippen LogP contribution in [0.3, 0.4) is 0 Å². The number of hydrogen-bond donors (Lipinski definition) is 1. The molecule has 0 spiro atoms. The summed E-state index contributed by atoms with van der Waals surface area (Å²) in [5, 5.41) is 2.95. The third-order valence-corrected chi connectivity index (χ3v) is 2.86. The van der Waals surface area contributed by atoms with Gasteiger partial charge < -0.3 is 15.0 Å². The fourth-order valence-corrected chi connectivity index (χ4v) is 1.72. The molecule has 0 radical (unpaired) electrons. The molecule has 1 rings (SSSR count). The first-order valence-corrected chi connectivity index (χ1v) is 6.23. The highest BCUT2D eigenvalue weighted by molar-refractivity contribution is 5.81. The molecule has 0 aliphatic rings. The number of benzene rings is 1. The van der Waals surface area contributed by atoms with E-state index >= 15 is 0 Å². The van der Waals surface area contributed by atoms with Crippen LogP contribution in [0.25, 0.3) is 0 Å². The van der Waals surface area contributed by atoms with Crippen molar-refractivity contribution in [1.82, 2.24) is 10.2 Å². The third kappa shape index (κ3) is 3.74. The predicted octanol–water partition coefficient (Wildman–Crippen LogP) is 1.65. The molecule has 0 aromatic heterocycles. The number of likely N-dealkylation sites (N-methyl/N-ethyl adjacent to an activating group) is 2. The minimum atomic E-state index is -0.172. The molecule has 1 aromatic rings. The SMILES string of the molecule is CCOc1ccccc1CN(C)C(=O)C(C)NC. The van der Waals surface area contributed by atoms with Gasteiger partial charge in [0.2, 0.25) is 5.91 Å². The van der Waals surface area contributed by atoms with Gasteiger partial charge in [-0.2, -0.15) is 0 Å². The highest BCUT2D eigenvalue weighted by Gasteiger charge is 2.16. The highest BCUT2D eigenvalue weighted by atomic mass is 16.5. The van der Waals surface area contributed by atoms with Crippen LogP contribution < -0.4 is 10.1 Å². The first-order chi connectivity index (χ1) is 8.60. The fraction of sp³-hybridized carbons (Fsp3) is 0.500. The zero-order chi connectivity index (χ0) is 13.5. The molecule has 0 aliphatic heterocycles. The van der Waals surface area contributed by atoms with Crippen LogP contribution in [0.5, 0.6) is 5.75 Å². The molecule has 1 atom stereocenters. The number of rotatable bonds is 6. The lowest BCUT2D eigenvalue weighted by Crippen LogP contribution is -2.41. The van der Waals surface area contributed by atoms with E-state index in [0.29, 0.717) is 13.2 Å². The predicted molar refractivity (Wildman–Crippen MR) is 72.6 cm³/mol. The van der Waals surface area contributed by atoms with Gasteiger partial charge >= 0.3 is 0 Å². The van der Waals surface area contributed by atoms with Gasteiger partial charge in [0.05, 0.1) is 12.6 Å². The van der Waals surface area contributed by atoms with Crippen molar-refractivity contribution in [3.8, 4) is 5.75 Å². The van der Waals surface area contributed by atoms with Gasteiger partial charge in [-0.25, -0.2) is 0 Å². The molecule has 1 amide bonds. The average molecular weight is 250 g/mol. The normalized spacial score (nSPS) is 12.0. The summed E-state index contributed by atoms with van der Waals surface area (Å²) in [6.07, 6.45) is 0. The lowest BCUT2D eigenvalue weighted by molar-refractivity contribution is -0.132. The molecule has 0 saturated carbocycles. The molecule has 1 aromatic carbocycles. The number of carbonyl (C=O) groups excluding carboxylic acids is 1. The molecular weight excluding hydrogens is 228 g/mol. The van der Waals surface area contributed by atoms with E-state index in [4.69, 9.17) is 4.74 Å². The summed E-state index contributed by atoms with van der Waals surface area (Å²) in [5.74, 6) is 0.917. The number of ether oxygens (including phenoxy) is 1. The molecule has 0 saturated heterocycles. The standard InChI is InChI=1S/C14H22N2O2/c1-5-18-13-9-7-6-8-12(13)10-16(4)14(17)11(2)15-3/h6-9,11,15H,5,10H2,1-4H3. The van der Waals surface area contributed by atoms with Crippen molar-refractivity contribution in [3.63, 3.8) is 0 Å². The molecule has 4 nitrogen and oxygen atoms in total. The summed E-state index contributed by atoms with van der Waals surface area (Å²) in [7, 11) is 3.59. The van der Waals surface area contributed by atoms with E-state index in [1.165, 1.54) is 0 Å². The fourth-order valence-electron chi connectivity index (χ4n) is 1.72. The molecule has 0 aliphatic carbocycles. The van der Waals surface area contributed by atoms with Crippen LogP contribution in [0, 0.1) is 0 Å². The Morgan fingerprint density at radius 3 is 2.72 bits per heavy atom. The molecule has 1 unspecified atom stereocenters. The lowest BCUT2D eigenvalue weighted by Gasteiger charge is -2.22. The van der Waals surface area contributed by atoms with E-state index < -0.39 is 0 Å². The second-order valence-corrected chi connectivity index (χ2v) is 4.25. The number of hydrogen-bond acceptors (Lipinski definition) is 3. The van der Waals surface area contributed by atoms with Crippen molar-refractivity contribution in [1.29, 1.82) is 0 Å². The van der Waals surface area contributed by atoms with E-state index in [9.17, 15) is 4.79 Å². The topological polar surface area (TPSA) is 41.6 Å². The number of amides is 1. The first kappa shape index (κ1) is 14.5. The van der Waals surface area contributed by atoms with Crippen molar-refractivity contribution in [2.45, 2.75) is 26.4 Å².